The number of aliphatic hydroxyl groups excluding tert-OH is 3. The fraction of sp³-hybridized carbons (Fsp3) is 0.545. The molecule has 2 unspecified atom stereocenters. The van der Waals surface area contributed by atoms with Crippen molar-refractivity contribution in [2.45, 2.75) is 56.9 Å². The smallest absolute Gasteiger partial charge is 0.171 e. The zero-order chi connectivity index (χ0) is 24.2. The third-order valence-corrected chi connectivity index (χ3v) is 7.27. The number of hydrogen-bond donors (Lipinski definition) is 6. The molecule has 0 heterocycles. The number of carbonyl (C=O) groups excluding carboxylic acids is 2. The van der Waals surface area contributed by atoms with Gasteiger partial charge in [-0.3, -0.25) is 9.59 Å². The number of nitrogens with two attached hydrogens (primary N) is 1. The molecule has 0 aromatic carbocycles. The summed E-state index contributed by atoms with van der Waals surface area (Å²) in [7, 11) is 1.47. The van der Waals surface area contributed by atoms with Crippen LogP contribution in [0.3, 0.4) is 0 Å². The topological polar surface area (TPSA) is 192 Å². The lowest BCUT2D eigenvalue weighted by molar-refractivity contribution is -0.123. The molecule has 11 nitrogen and oxygen atoms in total. The minimum atomic E-state index is -2.42. The molecule has 0 saturated carbocycles. The molecule has 178 valence electrons. The largest absolute Gasteiger partial charge is 0.508 e. The molecule has 4 aliphatic rings. The third-order valence-electron chi connectivity index (χ3n) is 7.27. The Labute approximate surface area is 189 Å². The van der Waals surface area contributed by atoms with E-state index in [4.69, 9.17) is 10.6 Å². The van der Waals surface area contributed by atoms with Gasteiger partial charge in [-0.05, 0) is 48.4 Å². The minimum Gasteiger partial charge on any atom is -0.508 e. The van der Waals surface area contributed by atoms with Crippen molar-refractivity contribution in [3.63, 3.8) is 0 Å². The van der Waals surface area contributed by atoms with Gasteiger partial charge >= 0.3 is 0 Å². The van der Waals surface area contributed by atoms with Crippen molar-refractivity contribution in [3.05, 3.63) is 50.0 Å². The van der Waals surface area contributed by atoms with Gasteiger partial charge in [0.1, 0.15) is 23.4 Å². The summed E-state index contributed by atoms with van der Waals surface area (Å²) < 4.78 is 0. The van der Waals surface area contributed by atoms with Crippen molar-refractivity contribution in [1.29, 1.82) is 0 Å². The zero-order valence-electron chi connectivity index (χ0n) is 18.3. The highest BCUT2D eigenvalue weighted by Crippen LogP contribution is 2.56. The number of hydroxylamine groups is 1. The first kappa shape index (κ1) is 23.5. The Morgan fingerprint density at radius 2 is 1.91 bits per heavy atom. The standard InChI is InChI=1S/C22H27N3O8/c1-8(25-33-2)11-3-4-13(26)16-12(11)6-9-5-10-7-14(27)17(21(23)30)20(29)22(10,31)19(24-32)15(9)18(16)28/h8-10,21,25,28-31H,3-7,23H2,1-2H3/t8?,9-,10+,21?,22+/m1/s1. The van der Waals surface area contributed by atoms with Crippen LogP contribution in [0.25, 0.3) is 0 Å². The van der Waals surface area contributed by atoms with Crippen LogP contribution >= 0.6 is 0 Å². The quantitative estimate of drug-likeness (QED) is 0.194. The van der Waals surface area contributed by atoms with E-state index in [0.717, 1.165) is 5.57 Å². The minimum absolute atomic E-state index is 0.0313. The summed E-state index contributed by atoms with van der Waals surface area (Å²) in [6, 6.07) is -0.243. The number of carbonyl (C=O) groups is 2. The van der Waals surface area contributed by atoms with Crippen LogP contribution in [0, 0.1) is 16.7 Å². The van der Waals surface area contributed by atoms with Crippen LogP contribution in [-0.4, -0.2) is 57.0 Å². The number of hydrogen-bond acceptors (Lipinski definition) is 11. The highest BCUT2D eigenvalue weighted by Gasteiger charge is 2.58. The molecule has 33 heavy (non-hydrogen) atoms. The summed E-state index contributed by atoms with van der Waals surface area (Å²) in [6.45, 7) is 1.86. The average Bonchev–Trinajstić information content (AvgIpc) is 2.74. The van der Waals surface area contributed by atoms with Crippen LogP contribution in [0.4, 0.5) is 0 Å². The molecule has 0 radical (unpaired) electrons. The first-order chi connectivity index (χ1) is 15.6. The van der Waals surface area contributed by atoms with E-state index in [2.05, 4.69) is 10.7 Å². The molecule has 0 aromatic rings. The monoisotopic (exact) mass is 461 g/mol. The Morgan fingerprint density at radius 1 is 1.21 bits per heavy atom. The van der Waals surface area contributed by atoms with Crippen molar-refractivity contribution in [2.75, 3.05) is 7.11 Å². The van der Waals surface area contributed by atoms with Gasteiger partial charge in [0.05, 0.1) is 24.3 Å². The lowest BCUT2D eigenvalue weighted by Gasteiger charge is -2.47. The number of nitrogens with zero attached hydrogens (tertiary/aromatic N) is 1. The van der Waals surface area contributed by atoms with Crippen LogP contribution in [-0.2, 0) is 14.4 Å². The van der Waals surface area contributed by atoms with E-state index in [1.807, 2.05) is 6.92 Å². The van der Waals surface area contributed by atoms with Gasteiger partial charge in [-0.25, -0.2) is 0 Å². The van der Waals surface area contributed by atoms with E-state index in [-0.39, 0.29) is 48.7 Å². The fourth-order valence-electron chi connectivity index (χ4n) is 5.81. The molecule has 7 N–H and O–H groups in total. The predicted molar refractivity (Wildman–Crippen MR) is 114 cm³/mol. The van der Waals surface area contributed by atoms with E-state index < -0.39 is 52.2 Å². The molecule has 0 aromatic heterocycles. The first-order valence-corrected chi connectivity index (χ1v) is 10.8. The molecule has 4 aliphatic carbocycles. The number of fused-ring (bicyclic) bond motifs is 3. The molecule has 0 fully saturated rings. The Bertz CT molecular complexity index is 1070. The van der Waals surface area contributed by atoms with Crippen LogP contribution in [0.1, 0.15) is 39.0 Å². The Morgan fingerprint density at radius 3 is 2.52 bits per heavy atom. The number of nitrogens with one attached hydrogen (secondary N) is 1. The highest BCUT2D eigenvalue weighted by molar-refractivity contribution is 6.03. The summed E-state index contributed by atoms with van der Waals surface area (Å²) in [5.74, 6) is -3.82. The number of Topliss-reactive ketones (excluding diaryl/α,β-unsaturated/α-hetero) is 2. The van der Waals surface area contributed by atoms with Crippen molar-refractivity contribution in [2.24, 2.45) is 22.7 Å². The highest BCUT2D eigenvalue weighted by atomic mass is 16.6. The number of rotatable bonds is 5. The molecule has 4 rings (SSSR count). The predicted octanol–water partition coefficient (Wildman–Crippen LogP) is 0.851. The van der Waals surface area contributed by atoms with Gasteiger partial charge in [-0.2, -0.15) is 5.48 Å². The Hall–Kier alpha value is -2.70. The second kappa shape index (κ2) is 8.26. The van der Waals surface area contributed by atoms with Crippen LogP contribution in [0.15, 0.2) is 50.3 Å². The molecule has 5 atom stereocenters. The van der Waals surface area contributed by atoms with Gasteiger partial charge in [-0.1, -0.05) is 0 Å². The number of allylic oxidation sites excluding steroid dienone is 3. The molecule has 0 bridgehead atoms. The maximum absolute atomic E-state index is 12.8. The maximum atomic E-state index is 12.8. The van der Waals surface area contributed by atoms with Crippen molar-refractivity contribution < 1.29 is 34.9 Å². The van der Waals surface area contributed by atoms with Crippen LogP contribution in [0.5, 0.6) is 0 Å². The van der Waals surface area contributed by atoms with Gasteiger partial charge < -0.3 is 31.0 Å². The van der Waals surface area contributed by atoms with Crippen LogP contribution < -0.4 is 11.2 Å². The van der Waals surface area contributed by atoms with E-state index in [9.17, 15) is 34.9 Å². The van der Waals surface area contributed by atoms with Gasteiger partial charge in [0.15, 0.2) is 17.2 Å². The molecule has 0 amide bonds. The fourth-order valence-corrected chi connectivity index (χ4v) is 5.81. The summed E-state index contributed by atoms with van der Waals surface area (Å²) in [5, 5.41) is 46.1. The SMILES string of the molecule is CONC(C)C1=C2C[C@H]3C[C@H]4CC(=O)C(C(N)O)=C(O)[C@@]4(O)C(N=O)=C3C(O)=C2C(=O)CC1. The van der Waals surface area contributed by atoms with E-state index in [0.29, 0.717) is 12.0 Å². The summed E-state index contributed by atoms with van der Waals surface area (Å²) in [5.41, 5.74) is 6.20. The van der Waals surface area contributed by atoms with Crippen molar-refractivity contribution in [1.82, 2.24) is 5.48 Å². The molecule has 0 saturated heterocycles. The van der Waals surface area contributed by atoms with Crippen molar-refractivity contribution in [3.8, 4) is 0 Å². The van der Waals surface area contributed by atoms with E-state index in [1.54, 1.807) is 0 Å². The average molecular weight is 461 g/mol. The third kappa shape index (κ3) is 3.30. The van der Waals surface area contributed by atoms with E-state index in [1.165, 1.54) is 7.11 Å². The zero-order valence-corrected chi connectivity index (χ0v) is 18.3. The molecule has 0 aliphatic heterocycles. The van der Waals surface area contributed by atoms with Gasteiger partial charge in [0.25, 0.3) is 0 Å². The second-order valence-electron chi connectivity index (χ2n) is 8.98. The lowest BCUT2D eigenvalue weighted by atomic mass is 9.59. The van der Waals surface area contributed by atoms with Gasteiger partial charge in [0, 0.05) is 24.3 Å². The number of aliphatic hydroxyl groups is 4. The summed E-state index contributed by atoms with van der Waals surface area (Å²) in [6.07, 6.45) is -1.13. The summed E-state index contributed by atoms with van der Waals surface area (Å²) in [4.78, 5) is 42.3. The molecular formula is C22H27N3O8. The van der Waals surface area contributed by atoms with E-state index >= 15 is 0 Å². The molecule has 0 spiro atoms. The maximum Gasteiger partial charge on any atom is 0.171 e. The molecular weight excluding hydrogens is 434 g/mol. The van der Waals surface area contributed by atoms with Crippen molar-refractivity contribution >= 4 is 11.6 Å². The lowest BCUT2D eigenvalue weighted by Crippen LogP contribution is -2.53. The molecule has 11 heteroatoms. The van der Waals surface area contributed by atoms with Gasteiger partial charge in [-0.15, -0.1) is 4.91 Å². The van der Waals surface area contributed by atoms with Crippen LogP contribution in [0.2, 0.25) is 0 Å². The first-order valence-electron chi connectivity index (χ1n) is 10.8. The number of ketones is 2. The normalized spacial score (nSPS) is 31.9. The second-order valence-corrected chi connectivity index (χ2v) is 8.98. The number of nitroso groups, excluding NO2 is 1. The Kier molecular flexibility index (Phi) is 5.87. The summed E-state index contributed by atoms with van der Waals surface area (Å²) >= 11 is 0. The van der Waals surface area contributed by atoms with Gasteiger partial charge in [0.2, 0.25) is 0 Å². The Balaban J connectivity index is 1.98.